The Bertz CT molecular complexity index is 630. The average Bonchev–Trinajstić information content (AvgIpc) is 2.45. The van der Waals surface area contributed by atoms with Crippen LogP contribution in [0.5, 0.6) is 17.2 Å². The summed E-state index contributed by atoms with van der Waals surface area (Å²) in [6, 6.07) is 10.0. The number of phenols is 2. The Morgan fingerprint density at radius 1 is 1.10 bits per heavy atom. The first-order chi connectivity index (χ1) is 9.52. The number of carbonyl (C=O) groups excluding carboxylic acids is 1. The molecule has 0 amide bonds. The molecule has 4 heteroatoms. The van der Waals surface area contributed by atoms with Gasteiger partial charge < -0.3 is 14.9 Å². The van der Waals surface area contributed by atoms with Crippen LogP contribution in [0.2, 0.25) is 0 Å². The molecule has 0 aliphatic rings. The van der Waals surface area contributed by atoms with Crippen molar-refractivity contribution in [1.82, 2.24) is 0 Å². The lowest BCUT2D eigenvalue weighted by atomic mass is 10.00. The molecule has 0 atom stereocenters. The van der Waals surface area contributed by atoms with Crippen molar-refractivity contribution >= 4 is 5.78 Å². The van der Waals surface area contributed by atoms with Crippen LogP contribution in [-0.2, 0) is 6.42 Å². The van der Waals surface area contributed by atoms with Crippen molar-refractivity contribution < 1.29 is 19.7 Å². The largest absolute Gasteiger partial charge is 0.508 e. The summed E-state index contributed by atoms with van der Waals surface area (Å²) >= 11 is 0. The molecule has 0 spiro atoms. The zero-order valence-electron chi connectivity index (χ0n) is 11.4. The third kappa shape index (κ3) is 2.74. The lowest BCUT2D eigenvalue weighted by Gasteiger charge is -2.08. The van der Waals surface area contributed by atoms with E-state index in [4.69, 9.17) is 4.74 Å². The van der Waals surface area contributed by atoms with Crippen molar-refractivity contribution in [3.8, 4) is 17.2 Å². The Balaban J connectivity index is 2.21. The summed E-state index contributed by atoms with van der Waals surface area (Å²) in [6.45, 7) is 1.56. The molecule has 2 N–H and O–H groups in total. The lowest BCUT2D eigenvalue weighted by molar-refractivity contribution is 0.0990. The van der Waals surface area contributed by atoms with E-state index in [1.165, 1.54) is 12.1 Å². The number of Topliss-reactive ketones (excluding diaryl/α,β-unsaturated/α-hetero) is 1. The number of benzene rings is 2. The van der Waals surface area contributed by atoms with E-state index in [0.717, 1.165) is 11.3 Å². The first-order valence-corrected chi connectivity index (χ1v) is 6.20. The normalized spacial score (nSPS) is 10.3. The molecule has 0 bridgehead atoms. The van der Waals surface area contributed by atoms with E-state index in [0.29, 0.717) is 5.56 Å². The van der Waals surface area contributed by atoms with Gasteiger partial charge in [-0.3, -0.25) is 4.79 Å². The SMILES string of the molecule is COc1ccc(CC(=O)c2ccc(O)c(C)c2O)cc1. The summed E-state index contributed by atoms with van der Waals surface area (Å²) in [5.41, 5.74) is 1.36. The molecule has 0 aliphatic carbocycles. The minimum atomic E-state index is -0.198. The number of ether oxygens (including phenoxy) is 1. The monoisotopic (exact) mass is 272 g/mol. The smallest absolute Gasteiger partial charge is 0.170 e. The maximum absolute atomic E-state index is 12.2. The van der Waals surface area contributed by atoms with Crippen LogP contribution in [-0.4, -0.2) is 23.1 Å². The minimum absolute atomic E-state index is 0.0245. The number of phenolic OH excluding ortho intramolecular Hbond substituents is 2. The molecule has 2 rings (SSSR count). The number of hydrogen-bond donors (Lipinski definition) is 2. The average molecular weight is 272 g/mol. The van der Waals surface area contributed by atoms with E-state index in [2.05, 4.69) is 0 Å². The van der Waals surface area contributed by atoms with E-state index >= 15 is 0 Å². The highest BCUT2D eigenvalue weighted by Crippen LogP contribution is 2.30. The summed E-state index contributed by atoms with van der Waals surface area (Å²) in [6.07, 6.45) is 0.182. The Morgan fingerprint density at radius 3 is 2.35 bits per heavy atom. The molecule has 4 nitrogen and oxygen atoms in total. The molecule has 2 aromatic rings. The fourth-order valence-electron chi connectivity index (χ4n) is 1.94. The van der Waals surface area contributed by atoms with Crippen LogP contribution < -0.4 is 4.74 Å². The lowest BCUT2D eigenvalue weighted by Crippen LogP contribution is -2.04. The molecule has 0 aliphatic heterocycles. The Labute approximate surface area is 117 Å². The second-order valence-electron chi connectivity index (χ2n) is 4.55. The Hall–Kier alpha value is -2.49. The fraction of sp³-hybridized carbons (Fsp3) is 0.188. The summed E-state index contributed by atoms with van der Waals surface area (Å²) in [7, 11) is 1.58. The molecule has 0 heterocycles. The quantitative estimate of drug-likeness (QED) is 0.840. The first kappa shape index (κ1) is 13.9. The third-order valence-electron chi connectivity index (χ3n) is 3.23. The molecular formula is C16H16O4. The van der Waals surface area contributed by atoms with Crippen molar-refractivity contribution in [2.45, 2.75) is 13.3 Å². The van der Waals surface area contributed by atoms with Gasteiger partial charge in [-0.2, -0.15) is 0 Å². The van der Waals surface area contributed by atoms with Crippen molar-refractivity contribution in [2.24, 2.45) is 0 Å². The van der Waals surface area contributed by atoms with Gasteiger partial charge in [0.15, 0.2) is 5.78 Å². The van der Waals surface area contributed by atoms with Gasteiger partial charge in [-0.15, -0.1) is 0 Å². The predicted octanol–water partition coefficient (Wildman–Crippen LogP) is 2.84. The van der Waals surface area contributed by atoms with Crippen LogP contribution in [0.4, 0.5) is 0 Å². The van der Waals surface area contributed by atoms with Gasteiger partial charge in [0.25, 0.3) is 0 Å². The summed E-state index contributed by atoms with van der Waals surface area (Å²) in [4.78, 5) is 12.2. The van der Waals surface area contributed by atoms with Crippen molar-refractivity contribution in [3.05, 3.63) is 53.1 Å². The molecule has 20 heavy (non-hydrogen) atoms. The standard InChI is InChI=1S/C16H16O4/c1-10-14(17)8-7-13(16(10)19)15(18)9-11-3-5-12(20-2)6-4-11/h3-8,17,19H,9H2,1-2H3. The molecule has 0 unspecified atom stereocenters. The van der Waals surface area contributed by atoms with Gasteiger partial charge in [0.1, 0.15) is 17.2 Å². The van der Waals surface area contributed by atoms with Gasteiger partial charge in [-0.25, -0.2) is 0 Å². The van der Waals surface area contributed by atoms with Gasteiger partial charge in [-0.1, -0.05) is 12.1 Å². The number of rotatable bonds is 4. The maximum Gasteiger partial charge on any atom is 0.170 e. The third-order valence-corrected chi connectivity index (χ3v) is 3.23. The predicted molar refractivity (Wildman–Crippen MR) is 75.5 cm³/mol. The number of hydrogen-bond acceptors (Lipinski definition) is 4. The van der Waals surface area contributed by atoms with Gasteiger partial charge in [0, 0.05) is 12.0 Å². The van der Waals surface area contributed by atoms with Gasteiger partial charge in [0.05, 0.1) is 12.7 Å². The zero-order valence-corrected chi connectivity index (χ0v) is 11.4. The van der Waals surface area contributed by atoms with Crippen LogP contribution in [0.15, 0.2) is 36.4 Å². The maximum atomic E-state index is 12.2. The summed E-state index contributed by atoms with van der Waals surface area (Å²) in [5, 5.41) is 19.4. The zero-order chi connectivity index (χ0) is 14.7. The van der Waals surface area contributed by atoms with Crippen molar-refractivity contribution in [1.29, 1.82) is 0 Å². The van der Waals surface area contributed by atoms with Gasteiger partial charge >= 0.3 is 0 Å². The highest BCUT2D eigenvalue weighted by Gasteiger charge is 2.15. The van der Waals surface area contributed by atoms with Gasteiger partial charge in [0.2, 0.25) is 0 Å². The van der Waals surface area contributed by atoms with Crippen molar-refractivity contribution in [2.75, 3.05) is 7.11 Å². The van der Waals surface area contributed by atoms with Crippen molar-refractivity contribution in [3.63, 3.8) is 0 Å². The highest BCUT2D eigenvalue weighted by molar-refractivity contribution is 6.00. The molecule has 0 fully saturated rings. The van der Waals surface area contributed by atoms with Crippen LogP contribution in [0.25, 0.3) is 0 Å². The molecule has 2 aromatic carbocycles. The number of carbonyl (C=O) groups is 1. The first-order valence-electron chi connectivity index (χ1n) is 6.20. The van der Waals surface area contributed by atoms with Crippen LogP contribution in [0.1, 0.15) is 21.5 Å². The summed E-state index contributed by atoms with van der Waals surface area (Å²) < 4.78 is 5.05. The van der Waals surface area contributed by atoms with Crippen LogP contribution in [0.3, 0.4) is 0 Å². The van der Waals surface area contributed by atoms with E-state index in [1.807, 2.05) is 0 Å². The molecular weight excluding hydrogens is 256 g/mol. The van der Waals surface area contributed by atoms with E-state index in [-0.39, 0.29) is 29.3 Å². The fourth-order valence-corrected chi connectivity index (χ4v) is 1.94. The van der Waals surface area contributed by atoms with Crippen LogP contribution in [0, 0.1) is 6.92 Å². The van der Waals surface area contributed by atoms with E-state index in [9.17, 15) is 15.0 Å². The minimum Gasteiger partial charge on any atom is -0.508 e. The highest BCUT2D eigenvalue weighted by atomic mass is 16.5. The Morgan fingerprint density at radius 2 is 1.75 bits per heavy atom. The number of methoxy groups -OCH3 is 1. The molecule has 104 valence electrons. The molecule has 0 saturated heterocycles. The van der Waals surface area contributed by atoms with Crippen LogP contribution >= 0.6 is 0 Å². The van der Waals surface area contributed by atoms with E-state index < -0.39 is 0 Å². The summed E-state index contributed by atoms with van der Waals surface area (Å²) in [5.74, 6) is 0.340. The number of ketones is 1. The van der Waals surface area contributed by atoms with E-state index in [1.54, 1.807) is 38.3 Å². The molecule has 0 radical (unpaired) electrons. The number of aromatic hydroxyl groups is 2. The second-order valence-corrected chi connectivity index (χ2v) is 4.55. The molecule has 0 saturated carbocycles. The second kappa shape index (κ2) is 5.65. The van der Waals surface area contributed by atoms with Gasteiger partial charge in [-0.05, 0) is 36.8 Å². The topological polar surface area (TPSA) is 66.8 Å². The Kier molecular flexibility index (Phi) is 3.94. The molecule has 0 aromatic heterocycles.